The summed E-state index contributed by atoms with van der Waals surface area (Å²) in [4.78, 5) is 0. The first-order valence-electron chi connectivity index (χ1n) is 5.71. The minimum atomic E-state index is -4.50. The Morgan fingerprint density at radius 2 is 1.65 bits per heavy atom. The fourth-order valence-corrected chi connectivity index (χ4v) is 1.87. The molecule has 20 heavy (non-hydrogen) atoms. The molecule has 0 bridgehead atoms. The van der Waals surface area contributed by atoms with Gasteiger partial charge in [-0.1, -0.05) is 41.9 Å². The molecule has 1 N–H and O–H groups in total. The van der Waals surface area contributed by atoms with E-state index in [0.717, 1.165) is 6.07 Å². The van der Waals surface area contributed by atoms with Crippen molar-refractivity contribution in [2.24, 2.45) is 0 Å². The summed E-state index contributed by atoms with van der Waals surface area (Å²) in [5.41, 5.74) is 0.0634. The van der Waals surface area contributed by atoms with Crippen LogP contribution < -0.4 is 5.32 Å². The Kier molecular flexibility index (Phi) is 4.18. The Labute approximate surface area is 118 Å². The zero-order valence-electron chi connectivity index (χ0n) is 10.1. The molecule has 0 heterocycles. The van der Waals surface area contributed by atoms with Crippen molar-refractivity contribution in [1.29, 1.82) is 0 Å². The standard InChI is InChI=1S/C14H10ClF4N/c15-11-7-6-10(8-12(11)16)20-13(14(17,18)19)9-4-2-1-3-5-9/h1-8,13,20H. The van der Waals surface area contributed by atoms with Gasteiger partial charge in [0, 0.05) is 5.69 Å². The summed E-state index contributed by atoms with van der Waals surface area (Å²) >= 11 is 5.50. The van der Waals surface area contributed by atoms with E-state index < -0.39 is 18.0 Å². The van der Waals surface area contributed by atoms with Crippen LogP contribution in [0.5, 0.6) is 0 Å². The SMILES string of the molecule is Fc1cc(NC(c2ccccc2)C(F)(F)F)ccc1Cl. The molecule has 0 aliphatic carbocycles. The fraction of sp³-hybridized carbons (Fsp3) is 0.143. The highest BCUT2D eigenvalue weighted by Crippen LogP contribution is 2.35. The van der Waals surface area contributed by atoms with E-state index in [-0.39, 0.29) is 16.3 Å². The van der Waals surface area contributed by atoms with Gasteiger partial charge in [-0.05, 0) is 23.8 Å². The minimum absolute atomic E-state index is 0.0121. The third-order valence-corrected chi connectivity index (χ3v) is 3.00. The molecule has 0 aliphatic heterocycles. The monoisotopic (exact) mass is 303 g/mol. The molecular formula is C14H10ClF4N. The Morgan fingerprint density at radius 3 is 2.20 bits per heavy atom. The van der Waals surface area contributed by atoms with E-state index in [4.69, 9.17) is 11.6 Å². The van der Waals surface area contributed by atoms with Gasteiger partial charge in [-0.15, -0.1) is 0 Å². The average molecular weight is 304 g/mol. The second-order valence-electron chi connectivity index (χ2n) is 4.16. The van der Waals surface area contributed by atoms with Crippen LogP contribution in [0.2, 0.25) is 5.02 Å². The lowest BCUT2D eigenvalue weighted by molar-refractivity contribution is -0.144. The summed E-state index contributed by atoms with van der Waals surface area (Å²) in [6.07, 6.45) is -4.50. The molecule has 0 saturated carbocycles. The van der Waals surface area contributed by atoms with Gasteiger partial charge in [0.2, 0.25) is 0 Å². The van der Waals surface area contributed by atoms with E-state index in [1.807, 2.05) is 0 Å². The molecule has 6 heteroatoms. The van der Waals surface area contributed by atoms with Crippen LogP contribution in [0.1, 0.15) is 11.6 Å². The topological polar surface area (TPSA) is 12.0 Å². The fourth-order valence-electron chi connectivity index (χ4n) is 1.75. The van der Waals surface area contributed by atoms with Crippen LogP contribution in [0.4, 0.5) is 23.2 Å². The van der Waals surface area contributed by atoms with Gasteiger partial charge in [0.25, 0.3) is 0 Å². The summed E-state index contributed by atoms with van der Waals surface area (Å²) in [5, 5.41) is 2.14. The Morgan fingerprint density at radius 1 is 1.00 bits per heavy atom. The van der Waals surface area contributed by atoms with Crippen LogP contribution in [0.3, 0.4) is 0 Å². The van der Waals surface area contributed by atoms with Crippen LogP contribution in [-0.4, -0.2) is 6.18 Å². The van der Waals surface area contributed by atoms with Crippen molar-refractivity contribution in [3.05, 3.63) is 64.9 Å². The van der Waals surface area contributed by atoms with Crippen LogP contribution in [0, 0.1) is 5.82 Å². The number of hydrogen-bond acceptors (Lipinski definition) is 1. The van der Waals surface area contributed by atoms with Crippen molar-refractivity contribution in [3.63, 3.8) is 0 Å². The average Bonchev–Trinajstić information content (AvgIpc) is 2.39. The van der Waals surface area contributed by atoms with Crippen LogP contribution >= 0.6 is 11.6 Å². The van der Waals surface area contributed by atoms with Crippen molar-refractivity contribution in [2.45, 2.75) is 12.2 Å². The smallest absolute Gasteiger partial charge is 0.370 e. The van der Waals surface area contributed by atoms with E-state index >= 15 is 0 Å². The summed E-state index contributed by atoms with van der Waals surface area (Å²) in [6, 6.07) is 8.89. The van der Waals surface area contributed by atoms with Gasteiger partial charge in [-0.3, -0.25) is 0 Å². The first kappa shape index (κ1) is 14.7. The van der Waals surface area contributed by atoms with E-state index in [0.29, 0.717) is 0 Å². The molecule has 1 unspecified atom stereocenters. The summed E-state index contributed by atoms with van der Waals surface area (Å²) < 4.78 is 52.5. The molecule has 0 aliphatic rings. The maximum atomic E-state index is 13.3. The normalized spacial score (nSPS) is 13.1. The van der Waals surface area contributed by atoms with Gasteiger partial charge in [-0.25, -0.2) is 4.39 Å². The largest absolute Gasteiger partial charge is 0.412 e. The molecule has 0 saturated heterocycles. The molecule has 2 aromatic carbocycles. The lowest BCUT2D eigenvalue weighted by atomic mass is 10.1. The third-order valence-electron chi connectivity index (χ3n) is 2.69. The number of benzene rings is 2. The molecule has 1 atom stereocenters. The van der Waals surface area contributed by atoms with E-state index in [1.54, 1.807) is 6.07 Å². The van der Waals surface area contributed by atoms with Gasteiger partial charge in [0.05, 0.1) is 5.02 Å². The summed E-state index contributed by atoms with van der Waals surface area (Å²) in [6.45, 7) is 0. The molecule has 2 aromatic rings. The van der Waals surface area contributed by atoms with E-state index in [1.165, 1.54) is 36.4 Å². The molecule has 0 radical (unpaired) electrons. The van der Waals surface area contributed by atoms with E-state index in [9.17, 15) is 17.6 Å². The van der Waals surface area contributed by atoms with Gasteiger partial charge in [0.1, 0.15) is 11.9 Å². The molecule has 1 nitrogen and oxygen atoms in total. The molecule has 106 valence electrons. The van der Waals surface area contributed by atoms with Gasteiger partial charge in [-0.2, -0.15) is 13.2 Å². The van der Waals surface area contributed by atoms with Crippen molar-refractivity contribution >= 4 is 17.3 Å². The zero-order valence-corrected chi connectivity index (χ0v) is 10.8. The molecule has 0 spiro atoms. The number of rotatable bonds is 3. The lowest BCUT2D eigenvalue weighted by Gasteiger charge is -2.23. The second-order valence-corrected chi connectivity index (χ2v) is 4.57. The highest BCUT2D eigenvalue weighted by molar-refractivity contribution is 6.30. The Bertz CT molecular complexity index is 583. The van der Waals surface area contributed by atoms with Crippen molar-refractivity contribution in [2.75, 3.05) is 5.32 Å². The quantitative estimate of drug-likeness (QED) is 0.769. The number of anilines is 1. The first-order chi connectivity index (χ1) is 9.38. The van der Waals surface area contributed by atoms with Gasteiger partial charge in [0.15, 0.2) is 0 Å². The lowest BCUT2D eigenvalue weighted by Crippen LogP contribution is -2.27. The van der Waals surface area contributed by atoms with Crippen molar-refractivity contribution < 1.29 is 17.6 Å². The number of halogens is 5. The van der Waals surface area contributed by atoms with E-state index in [2.05, 4.69) is 5.32 Å². The molecule has 0 aromatic heterocycles. The maximum absolute atomic E-state index is 13.3. The maximum Gasteiger partial charge on any atom is 0.412 e. The van der Waals surface area contributed by atoms with Crippen molar-refractivity contribution in [1.82, 2.24) is 0 Å². The second kappa shape index (κ2) is 5.71. The summed E-state index contributed by atoms with van der Waals surface area (Å²) in [7, 11) is 0. The molecule has 0 fully saturated rings. The molecule has 2 rings (SSSR count). The molecular weight excluding hydrogens is 294 g/mol. The minimum Gasteiger partial charge on any atom is -0.370 e. The summed E-state index contributed by atoms with van der Waals surface area (Å²) in [5.74, 6) is -0.773. The van der Waals surface area contributed by atoms with Crippen LogP contribution in [0.25, 0.3) is 0 Å². The van der Waals surface area contributed by atoms with Crippen LogP contribution in [-0.2, 0) is 0 Å². The predicted molar refractivity (Wildman–Crippen MR) is 70.3 cm³/mol. The Hall–Kier alpha value is -1.75. The highest BCUT2D eigenvalue weighted by Gasteiger charge is 2.40. The first-order valence-corrected chi connectivity index (χ1v) is 6.09. The number of alkyl halides is 3. The third kappa shape index (κ3) is 3.42. The van der Waals surface area contributed by atoms with Gasteiger partial charge >= 0.3 is 6.18 Å². The zero-order chi connectivity index (χ0) is 14.8. The molecule has 0 amide bonds. The van der Waals surface area contributed by atoms with Crippen LogP contribution in [0.15, 0.2) is 48.5 Å². The number of hydrogen-bond donors (Lipinski definition) is 1. The predicted octanol–water partition coefficient (Wildman–Crippen LogP) is 5.19. The van der Waals surface area contributed by atoms with Gasteiger partial charge < -0.3 is 5.32 Å². The van der Waals surface area contributed by atoms with Crippen molar-refractivity contribution in [3.8, 4) is 0 Å². The Balaban J connectivity index is 2.31. The highest BCUT2D eigenvalue weighted by atomic mass is 35.5. The number of nitrogens with one attached hydrogen (secondary N) is 1.